The number of rotatable bonds is 4. The largest absolute Gasteiger partial charge is 0.299 e. The zero-order valence-electron chi connectivity index (χ0n) is 7.57. The Balaban J connectivity index is 2.41. The fourth-order valence-electron chi connectivity index (χ4n) is 0.890. The number of benzene rings is 1. The molecule has 0 aromatic heterocycles. The fourth-order valence-corrected chi connectivity index (χ4v) is 1.62. The van der Waals surface area contributed by atoms with Crippen molar-refractivity contribution in [2.75, 3.05) is 5.75 Å². The number of aldehydes is 1. The van der Waals surface area contributed by atoms with E-state index in [2.05, 4.69) is 31.2 Å². The lowest BCUT2D eigenvalue weighted by molar-refractivity contribution is -0.104. The molecule has 0 saturated heterocycles. The number of carbonyl (C=O) groups is 1. The molecular formula is C11H12OS. The highest BCUT2D eigenvalue weighted by Crippen LogP contribution is 2.17. The first-order chi connectivity index (χ1) is 6.33. The van der Waals surface area contributed by atoms with Crippen LogP contribution >= 0.6 is 11.8 Å². The van der Waals surface area contributed by atoms with Crippen LogP contribution in [0.4, 0.5) is 0 Å². The second-order valence-electron chi connectivity index (χ2n) is 2.69. The van der Waals surface area contributed by atoms with Crippen molar-refractivity contribution >= 4 is 18.0 Å². The highest BCUT2D eigenvalue weighted by Gasteiger charge is 1.90. The third-order valence-electron chi connectivity index (χ3n) is 1.58. The van der Waals surface area contributed by atoms with E-state index in [0.717, 1.165) is 12.0 Å². The molecule has 0 radical (unpaired) electrons. The van der Waals surface area contributed by atoms with Gasteiger partial charge < -0.3 is 0 Å². The number of thioether (sulfide) groups is 1. The third kappa shape index (κ3) is 3.95. The molecule has 0 saturated carbocycles. The van der Waals surface area contributed by atoms with Gasteiger partial charge in [-0.15, -0.1) is 11.8 Å². The van der Waals surface area contributed by atoms with Gasteiger partial charge in [-0.3, -0.25) is 4.79 Å². The Hall–Kier alpha value is -1.02. The zero-order chi connectivity index (χ0) is 9.52. The van der Waals surface area contributed by atoms with Crippen LogP contribution < -0.4 is 0 Å². The summed E-state index contributed by atoms with van der Waals surface area (Å²) in [6.45, 7) is 2.07. The van der Waals surface area contributed by atoms with E-state index in [1.54, 1.807) is 11.8 Å². The first-order valence-electron chi connectivity index (χ1n) is 4.12. The highest BCUT2D eigenvalue weighted by atomic mass is 32.2. The van der Waals surface area contributed by atoms with Crippen LogP contribution in [-0.2, 0) is 4.79 Å². The molecule has 1 aromatic carbocycles. The second kappa shape index (κ2) is 5.60. The molecule has 1 nitrogen and oxygen atoms in total. The number of carbonyl (C=O) groups excluding carboxylic acids is 1. The van der Waals surface area contributed by atoms with Crippen LogP contribution in [0, 0.1) is 6.92 Å². The Morgan fingerprint density at radius 3 is 2.62 bits per heavy atom. The second-order valence-corrected chi connectivity index (χ2v) is 3.78. The summed E-state index contributed by atoms with van der Waals surface area (Å²) in [5.74, 6) is 0.849. The van der Waals surface area contributed by atoms with Gasteiger partial charge in [-0.1, -0.05) is 23.8 Å². The number of allylic oxidation sites excluding steroid dienone is 1. The molecule has 0 unspecified atom stereocenters. The van der Waals surface area contributed by atoms with Gasteiger partial charge in [0.25, 0.3) is 0 Å². The Kier molecular flexibility index (Phi) is 4.33. The Labute approximate surface area is 82.9 Å². The summed E-state index contributed by atoms with van der Waals surface area (Å²) < 4.78 is 0. The standard InChI is InChI=1S/C11H12OS/c1-10-4-6-11(7-5-10)13-9-3-2-8-12/h2-8H,9H2,1H3/b3-2+. The van der Waals surface area contributed by atoms with Crippen molar-refractivity contribution in [3.8, 4) is 0 Å². The molecule has 68 valence electrons. The number of hydrogen-bond acceptors (Lipinski definition) is 2. The molecule has 0 N–H and O–H groups in total. The van der Waals surface area contributed by atoms with Crippen LogP contribution in [0.3, 0.4) is 0 Å². The smallest absolute Gasteiger partial charge is 0.142 e. The predicted octanol–water partition coefficient (Wildman–Crippen LogP) is 2.84. The van der Waals surface area contributed by atoms with Crippen molar-refractivity contribution in [2.24, 2.45) is 0 Å². The molecule has 0 heterocycles. The molecular weight excluding hydrogens is 180 g/mol. The summed E-state index contributed by atoms with van der Waals surface area (Å²) in [5.41, 5.74) is 1.27. The molecule has 0 aliphatic carbocycles. The van der Waals surface area contributed by atoms with Crippen LogP contribution in [0.1, 0.15) is 5.56 Å². The number of hydrogen-bond donors (Lipinski definition) is 0. The summed E-state index contributed by atoms with van der Waals surface area (Å²) in [5, 5.41) is 0. The maximum atomic E-state index is 9.96. The SMILES string of the molecule is Cc1ccc(SC/C=C/C=O)cc1. The monoisotopic (exact) mass is 192 g/mol. The first kappa shape index (κ1) is 10.1. The van der Waals surface area contributed by atoms with Gasteiger partial charge in [0.2, 0.25) is 0 Å². The van der Waals surface area contributed by atoms with Gasteiger partial charge in [0.05, 0.1) is 0 Å². The van der Waals surface area contributed by atoms with E-state index in [1.807, 2.05) is 6.08 Å². The van der Waals surface area contributed by atoms with Gasteiger partial charge in [0.15, 0.2) is 0 Å². The van der Waals surface area contributed by atoms with E-state index in [1.165, 1.54) is 16.5 Å². The van der Waals surface area contributed by atoms with Crippen LogP contribution in [0.15, 0.2) is 41.3 Å². The summed E-state index contributed by atoms with van der Waals surface area (Å²) in [7, 11) is 0. The van der Waals surface area contributed by atoms with Crippen molar-refractivity contribution in [3.05, 3.63) is 42.0 Å². The first-order valence-corrected chi connectivity index (χ1v) is 5.11. The van der Waals surface area contributed by atoms with Gasteiger partial charge in [-0.2, -0.15) is 0 Å². The van der Waals surface area contributed by atoms with Crippen molar-refractivity contribution < 1.29 is 4.79 Å². The van der Waals surface area contributed by atoms with Crippen LogP contribution in [0.2, 0.25) is 0 Å². The van der Waals surface area contributed by atoms with Crippen molar-refractivity contribution in [3.63, 3.8) is 0 Å². The fraction of sp³-hybridized carbons (Fsp3) is 0.182. The quantitative estimate of drug-likeness (QED) is 0.414. The maximum Gasteiger partial charge on any atom is 0.142 e. The Bertz CT molecular complexity index is 287. The van der Waals surface area contributed by atoms with Crippen molar-refractivity contribution in [2.45, 2.75) is 11.8 Å². The lowest BCUT2D eigenvalue weighted by Gasteiger charge is -1.97. The van der Waals surface area contributed by atoms with E-state index in [0.29, 0.717) is 0 Å². The van der Waals surface area contributed by atoms with Gasteiger partial charge in [-0.25, -0.2) is 0 Å². The summed E-state index contributed by atoms with van der Waals surface area (Å²) in [6, 6.07) is 8.36. The molecule has 0 bridgehead atoms. The molecule has 0 atom stereocenters. The average Bonchev–Trinajstić information content (AvgIpc) is 2.15. The molecule has 0 spiro atoms. The van der Waals surface area contributed by atoms with E-state index < -0.39 is 0 Å². The van der Waals surface area contributed by atoms with Crippen LogP contribution in [-0.4, -0.2) is 12.0 Å². The topological polar surface area (TPSA) is 17.1 Å². The molecule has 13 heavy (non-hydrogen) atoms. The number of aryl methyl sites for hydroxylation is 1. The lowest BCUT2D eigenvalue weighted by Crippen LogP contribution is -1.75. The van der Waals surface area contributed by atoms with Crippen molar-refractivity contribution in [1.82, 2.24) is 0 Å². The van der Waals surface area contributed by atoms with E-state index in [-0.39, 0.29) is 0 Å². The molecule has 1 aromatic rings. The molecule has 0 aliphatic rings. The normalized spacial score (nSPS) is 10.5. The van der Waals surface area contributed by atoms with Gasteiger partial charge in [0.1, 0.15) is 6.29 Å². The van der Waals surface area contributed by atoms with Crippen LogP contribution in [0.5, 0.6) is 0 Å². The zero-order valence-corrected chi connectivity index (χ0v) is 8.38. The van der Waals surface area contributed by atoms with E-state index in [9.17, 15) is 4.79 Å². The van der Waals surface area contributed by atoms with Crippen LogP contribution in [0.25, 0.3) is 0 Å². The molecule has 2 heteroatoms. The lowest BCUT2D eigenvalue weighted by atomic mass is 10.2. The van der Waals surface area contributed by atoms with Gasteiger partial charge >= 0.3 is 0 Å². The minimum Gasteiger partial charge on any atom is -0.299 e. The van der Waals surface area contributed by atoms with E-state index in [4.69, 9.17) is 0 Å². The minimum absolute atomic E-state index is 0.801. The molecule has 0 amide bonds. The molecule has 0 aliphatic heterocycles. The van der Waals surface area contributed by atoms with E-state index >= 15 is 0 Å². The maximum absolute atomic E-state index is 9.96. The summed E-state index contributed by atoms with van der Waals surface area (Å²) in [4.78, 5) is 11.2. The Morgan fingerprint density at radius 2 is 2.00 bits per heavy atom. The Morgan fingerprint density at radius 1 is 1.31 bits per heavy atom. The molecule has 1 rings (SSSR count). The molecule has 0 fully saturated rings. The summed E-state index contributed by atoms with van der Waals surface area (Å²) >= 11 is 1.72. The highest BCUT2D eigenvalue weighted by molar-refractivity contribution is 7.99. The van der Waals surface area contributed by atoms with Gasteiger partial charge in [0, 0.05) is 10.6 Å². The average molecular weight is 192 g/mol. The summed E-state index contributed by atoms with van der Waals surface area (Å²) in [6.07, 6.45) is 4.19. The van der Waals surface area contributed by atoms with Crippen molar-refractivity contribution in [1.29, 1.82) is 0 Å². The third-order valence-corrected chi connectivity index (χ3v) is 2.55. The predicted molar refractivity (Wildman–Crippen MR) is 57.1 cm³/mol. The minimum atomic E-state index is 0.801. The van der Waals surface area contributed by atoms with Gasteiger partial charge in [-0.05, 0) is 25.1 Å².